The van der Waals surface area contributed by atoms with Crippen LogP contribution in [0.5, 0.6) is 0 Å². The number of nitrogens with one attached hydrogen (secondary N) is 1. The van der Waals surface area contributed by atoms with Gasteiger partial charge in [-0.25, -0.2) is 9.50 Å². The number of imidazole rings is 1. The zero-order valence-corrected chi connectivity index (χ0v) is 12.8. The molecule has 4 heterocycles. The summed E-state index contributed by atoms with van der Waals surface area (Å²) in [4.78, 5) is 13.0. The highest BCUT2D eigenvalue weighted by molar-refractivity contribution is 7.20. The Labute approximate surface area is 135 Å². The quantitative estimate of drug-likeness (QED) is 0.535. The maximum Gasteiger partial charge on any atom is 0.213 e. The average molecular weight is 317 g/mol. The maximum absolute atomic E-state index is 4.68. The molecule has 0 radical (unpaired) electrons. The second-order valence-electron chi connectivity index (χ2n) is 5.25. The van der Waals surface area contributed by atoms with E-state index in [9.17, 15) is 0 Å². The molecule has 0 amide bonds. The number of nitrogens with zero attached hydrogens (tertiary/aromatic N) is 4. The Morgan fingerprint density at radius 1 is 1.09 bits per heavy atom. The van der Waals surface area contributed by atoms with Gasteiger partial charge in [-0.3, -0.25) is 4.98 Å². The zero-order chi connectivity index (χ0) is 15.2. The molecule has 5 aromatic rings. The molecular weight excluding hydrogens is 306 g/mol. The van der Waals surface area contributed by atoms with Crippen LogP contribution in [0.1, 0.15) is 0 Å². The Kier molecular flexibility index (Phi) is 2.59. The van der Waals surface area contributed by atoms with Crippen LogP contribution in [0.3, 0.4) is 0 Å². The lowest BCUT2D eigenvalue weighted by molar-refractivity contribution is 0.979. The minimum Gasteiger partial charge on any atom is -0.360 e. The highest BCUT2D eigenvalue weighted by Crippen LogP contribution is 2.32. The van der Waals surface area contributed by atoms with Crippen LogP contribution in [0.4, 0.5) is 0 Å². The largest absolute Gasteiger partial charge is 0.360 e. The van der Waals surface area contributed by atoms with E-state index >= 15 is 0 Å². The molecule has 110 valence electrons. The van der Waals surface area contributed by atoms with Gasteiger partial charge in [-0.2, -0.15) is 5.10 Å². The third-order valence-corrected chi connectivity index (χ3v) is 4.78. The Morgan fingerprint density at radius 3 is 2.91 bits per heavy atom. The molecule has 0 unspecified atom stereocenters. The van der Waals surface area contributed by atoms with Crippen LogP contribution in [-0.2, 0) is 0 Å². The number of para-hydroxylation sites is 1. The summed E-state index contributed by atoms with van der Waals surface area (Å²) in [5.74, 6) is 0. The first-order valence-corrected chi connectivity index (χ1v) is 8.03. The van der Waals surface area contributed by atoms with E-state index in [1.54, 1.807) is 17.5 Å². The average Bonchev–Trinajstić information content (AvgIpc) is 3.27. The van der Waals surface area contributed by atoms with E-state index < -0.39 is 0 Å². The first-order valence-electron chi connectivity index (χ1n) is 7.21. The first kappa shape index (κ1) is 12.5. The van der Waals surface area contributed by atoms with Gasteiger partial charge in [0.1, 0.15) is 5.01 Å². The van der Waals surface area contributed by atoms with E-state index in [0.717, 1.165) is 32.3 Å². The lowest BCUT2D eigenvalue weighted by Gasteiger charge is -1.93. The summed E-state index contributed by atoms with van der Waals surface area (Å²) >= 11 is 1.59. The van der Waals surface area contributed by atoms with E-state index in [1.807, 2.05) is 47.4 Å². The third-order valence-electron chi connectivity index (χ3n) is 3.82. The van der Waals surface area contributed by atoms with Crippen molar-refractivity contribution in [3.05, 3.63) is 61.2 Å². The van der Waals surface area contributed by atoms with Crippen molar-refractivity contribution in [2.75, 3.05) is 0 Å². The van der Waals surface area contributed by atoms with Gasteiger partial charge in [0.25, 0.3) is 0 Å². The number of aromatic amines is 1. The standard InChI is InChI=1S/C17H11N5S/c1-2-6-14-12(5-1)13(9-19-14)16-21-22-10-15(20-17(22)23-16)11-4-3-7-18-8-11/h1-10,19H. The zero-order valence-electron chi connectivity index (χ0n) is 12.0. The number of H-pyrrole nitrogens is 1. The van der Waals surface area contributed by atoms with Crippen molar-refractivity contribution in [1.82, 2.24) is 24.6 Å². The van der Waals surface area contributed by atoms with Crippen molar-refractivity contribution >= 4 is 27.2 Å². The van der Waals surface area contributed by atoms with Crippen molar-refractivity contribution < 1.29 is 0 Å². The van der Waals surface area contributed by atoms with Crippen LogP contribution in [0, 0.1) is 0 Å². The van der Waals surface area contributed by atoms with Crippen molar-refractivity contribution in [2.24, 2.45) is 0 Å². The van der Waals surface area contributed by atoms with Gasteiger partial charge in [-0.05, 0) is 18.2 Å². The van der Waals surface area contributed by atoms with E-state index in [1.165, 1.54) is 5.39 Å². The predicted molar refractivity (Wildman–Crippen MR) is 91.4 cm³/mol. The van der Waals surface area contributed by atoms with Gasteiger partial charge in [0.2, 0.25) is 4.96 Å². The van der Waals surface area contributed by atoms with Gasteiger partial charge in [0, 0.05) is 40.6 Å². The molecule has 0 spiro atoms. The van der Waals surface area contributed by atoms with Gasteiger partial charge >= 0.3 is 0 Å². The fourth-order valence-electron chi connectivity index (χ4n) is 2.71. The van der Waals surface area contributed by atoms with Crippen LogP contribution in [-0.4, -0.2) is 24.6 Å². The Morgan fingerprint density at radius 2 is 2.04 bits per heavy atom. The number of hydrogen-bond acceptors (Lipinski definition) is 4. The summed E-state index contributed by atoms with van der Waals surface area (Å²) in [6.07, 6.45) is 7.52. The minimum atomic E-state index is 0.879. The van der Waals surface area contributed by atoms with E-state index in [2.05, 4.69) is 32.2 Å². The Balaban J connectivity index is 1.63. The fraction of sp³-hybridized carbons (Fsp3) is 0. The molecule has 23 heavy (non-hydrogen) atoms. The number of aromatic nitrogens is 5. The minimum absolute atomic E-state index is 0.879. The molecule has 1 aromatic carbocycles. The molecule has 5 nitrogen and oxygen atoms in total. The fourth-order valence-corrected chi connectivity index (χ4v) is 3.62. The maximum atomic E-state index is 4.68. The van der Waals surface area contributed by atoms with Crippen LogP contribution < -0.4 is 0 Å². The molecule has 0 aliphatic rings. The molecule has 0 atom stereocenters. The molecule has 5 rings (SSSR count). The molecule has 4 aromatic heterocycles. The number of benzene rings is 1. The molecule has 6 heteroatoms. The summed E-state index contributed by atoms with van der Waals surface area (Å²) in [5, 5.41) is 6.82. The summed E-state index contributed by atoms with van der Waals surface area (Å²) in [5.41, 5.74) is 4.12. The van der Waals surface area contributed by atoms with Gasteiger partial charge in [-0.15, -0.1) is 0 Å². The molecule has 0 saturated heterocycles. The monoisotopic (exact) mass is 317 g/mol. The van der Waals surface area contributed by atoms with E-state index in [0.29, 0.717) is 0 Å². The van der Waals surface area contributed by atoms with Crippen molar-refractivity contribution in [1.29, 1.82) is 0 Å². The predicted octanol–water partition coefficient (Wildman–Crippen LogP) is 4.00. The lowest BCUT2D eigenvalue weighted by Crippen LogP contribution is -1.82. The van der Waals surface area contributed by atoms with Gasteiger partial charge < -0.3 is 4.98 Å². The van der Waals surface area contributed by atoms with Crippen molar-refractivity contribution in [2.45, 2.75) is 0 Å². The first-order chi connectivity index (χ1) is 11.4. The van der Waals surface area contributed by atoms with Gasteiger partial charge in [0.05, 0.1) is 11.9 Å². The normalized spacial score (nSPS) is 11.5. The van der Waals surface area contributed by atoms with Crippen molar-refractivity contribution in [3.63, 3.8) is 0 Å². The number of rotatable bonds is 2. The molecule has 1 N–H and O–H groups in total. The van der Waals surface area contributed by atoms with Gasteiger partial charge in [0.15, 0.2) is 0 Å². The second-order valence-corrected chi connectivity index (χ2v) is 6.21. The van der Waals surface area contributed by atoms with Crippen LogP contribution >= 0.6 is 11.3 Å². The molecule has 0 saturated carbocycles. The van der Waals surface area contributed by atoms with Crippen LogP contribution in [0.2, 0.25) is 0 Å². The third kappa shape index (κ3) is 1.96. The highest BCUT2D eigenvalue weighted by atomic mass is 32.1. The van der Waals surface area contributed by atoms with Crippen LogP contribution in [0.25, 0.3) is 37.7 Å². The number of pyridine rings is 1. The molecule has 0 aliphatic heterocycles. The topological polar surface area (TPSA) is 58.9 Å². The molecule has 0 aliphatic carbocycles. The highest BCUT2D eigenvalue weighted by Gasteiger charge is 2.13. The SMILES string of the molecule is c1cncc(-c2cn3nc(-c4c[nH]c5ccccc45)sc3n2)c1. The van der Waals surface area contributed by atoms with E-state index in [-0.39, 0.29) is 0 Å². The molecule has 0 bridgehead atoms. The van der Waals surface area contributed by atoms with E-state index in [4.69, 9.17) is 0 Å². The summed E-state index contributed by atoms with van der Waals surface area (Å²) in [7, 11) is 0. The molecule has 0 fully saturated rings. The summed E-state index contributed by atoms with van der Waals surface area (Å²) in [6.45, 7) is 0. The number of fused-ring (bicyclic) bond motifs is 2. The van der Waals surface area contributed by atoms with Gasteiger partial charge in [-0.1, -0.05) is 29.5 Å². The summed E-state index contributed by atoms with van der Waals surface area (Å²) in [6, 6.07) is 12.1. The second kappa shape index (κ2) is 4.76. The molecular formula is C17H11N5S. The Bertz CT molecular complexity index is 1090. The van der Waals surface area contributed by atoms with Crippen LogP contribution in [0.15, 0.2) is 61.2 Å². The van der Waals surface area contributed by atoms with Crippen molar-refractivity contribution in [3.8, 4) is 21.8 Å². The lowest BCUT2D eigenvalue weighted by atomic mass is 10.2. The number of hydrogen-bond donors (Lipinski definition) is 1. The smallest absolute Gasteiger partial charge is 0.213 e. The summed E-state index contributed by atoms with van der Waals surface area (Å²) < 4.78 is 1.84. The Hall–Kier alpha value is -2.99.